The van der Waals surface area contributed by atoms with Crippen molar-refractivity contribution in [3.8, 4) is 11.1 Å². The van der Waals surface area contributed by atoms with E-state index in [1.165, 1.54) is 44.5 Å². The van der Waals surface area contributed by atoms with E-state index in [1.807, 2.05) is 6.08 Å². The first-order valence-electron chi connectivity index (χ1n) is 6.77. The van der Waals surface area contributed by atoms with Crippen molar-refractivity contribution in [2.45, 2.75) is 34.6 Å². The van der Waals surface area contributed by atoms with E-state index in [-0.39, 0.29) is 0 Å². The van der Waals surface area contributed by atoms with Crippen LogP contribution in [0.3, 0.4) is 0 Å². The predicted molar refractivity (Wildman–Crippen MR) is 85.7 cm³/mol. The van der Waals surface area contributed by atoms with Gasteiger partial charge in [-0.15, -0.1) is 0 Å². The Morgan fingerprint density at radius 2 is 1.11 bits per heavy atom. The molecular formula is C19H22. The molecule has 0 aliphatic carbocycles. The monoisotopic (exact) mass is 250 g/mol. The topological polar surface area (TPSA) is 0 Å². The molecule has 0 fully saturated rings. The maximum absolute atomic E-state index is 3.81. The number of hydrogen-bond acceptors (Lipinski definition) is 0. The van der Waals surface area contributed by atoms with Crippen molar-refractivity contribution in [3.63, 3.8) is 0 Å². The lowest BCUT2D eigenvalue weighted by Gasteiger charge is -2.19. The van der Waals surface area contributed by atoms with Gasteiger partial charge in [0.2, 0.25) is 0 Å². The summed E-state index contributed by atoms with van der Waals surface area (Å²) < 4.78 is 0. The van der Waals surface area contributed by atoms with Crippen LogP contribution in [-0.4, -0.2) is 0 Å². The van der Waals surface area contributed by atoms with Crippen molar-refractivity contribution in [1.29, 1.82) is 0 Å². The van der Waals surface area contributed by atoms with Gasteiger partial charge in [0, 0.05) is 0 Å². The molecule has 0 unspecified atom stereocenters. The van der Waals surface area contributed by atoms with E-state index < -0.39 is 0 Å². The summed E-state index contributed by atoms with van der Waals surface area (Å²) in [6.45, 7) is 14.9. The fourth-order valence-electron chi connectivity index (χ4n) is 2.72. The third kappa shape index (κ3) is 2.23. The molecule has 0 nitrogen and oxygen atoms in total. The van der Waals surface area contributed by atoms with Gasteiger partial charge in [-0.2, -0.15) is 0 Å². The molecule has 0 saturated heterocycles. The van der Waals surface area contributed by atoms with Crippen molar-refractivity contribution >= 4 is 6.08 Å². The van der Waals surface area contributed by atoms with Gasteiger partial charge >= 0.3 is 0 Å². The standard InChI is InChI=1S/C19H22/c1-7-17-8-10-18(11-9-17)19-15(5)13(3)12(2)14(4)16(19)6/h7-11H,1H2,2-6H3. The molecule has 0 radical (unpaired) electrons. The summed E-state index contributed by atoms with van der Waals surface area (Å²) >= 11 is 0. The van der Waals surface area contributed by atoms with Gasteiger partial charge in [-0.05, 0) is 79.1 Å². The zero-order chi connectivity index (χ0) is 14.2. The molecule has 0 aliphatic heterocycles. The number of benzene rings is 2. The van der Waals surface area contributed by atoms with Gasteiger partial charge < -0.3 is 0 Å². The zero-order valence-corrected chi connectivity index (χ0v) is 12.6. The molecule has 0 heteroatoms. The minimum Gasteiger partial charge on any atom is -0.0985 e. The van der Waals surface area contributed by atoms with E-state index in [4.69, 9.17) is 0 Å². The van der Waals surface area contributed by atoms with E-state index in [9.17, 15) is 0 Å². The molecule has 98 valence electrons. The fraction of sp³-hybridized carbons (Fsp3) is 0.263. The first-order valence-corrected chi connectivity index (χ1v) is 6.77. The van der Waals surface area contributed by atoms with Gasteiger partial charge in [-0.3, -0.25) is 0 Å². The molecule has 0 N–H and O–H groups in total. The highest BCUT2D eigenvalue weighted by Crippen LogP contribution is 2.34. The lowest BCUT2D eigenvalue weighted by molar-refractivity contribution is 1.18. The Labute approximate surface area is 116 Å². The third-order valence-electron chi connectivity index (χ3n) is 4.44. The predicted octanol–water partition coefficient (Wildman–Crippen LogP) is 5.54. The van der Waals surface area contributed by atoms with Crippen LogP contribution in [0.15, 0.2) is 30.8 Å². The molecule has 0 atom stereocenters. The summed E-state index contributed by atoms with van der Waals surface area (Å²) in [5.41, 5.74) is 10.9. The summed E-state index contributed by atoms with van der Waals surface area (Å²) in [5, 5.41) is 0. The Hall–Kier alpha value is -1.82. The second-order valence-electron chi connectivity index (χ2n) is 5.33. The van der Waals surface area contributed by atoms with Crippen LogP contribution in [0.5, 0.6) is 0 Å². The molecule has 0 bridgehead atoms. The van der Waals surface area contributed by atoms with Crippen LogP contribution in [0.2, 0.25) is 0 Å². The molecule has 0 heterocycles. The molecule has 0 amide bonds. The van der Waals surface area contributed by atoms with E-state index in [0.29, 0.717) is 0 Å². The molecule has 0 saturated carbocycles. The summed E-state index contributed by atoms with van der Waals surface area (Å²) in [7, 11) is 0. The summed E-state index contributed by atoms with van der Waals surface area (Å²) in [6, 6.07) is 8.65. The van der Waals surface area contributed by atoms with Gasteiger partial charge in [0.15, 0.2) is 0 Å². The molecule has 0 spiro atoms. The number of rotatable bonds is 2. The molecule has 2 aromatic rings. The van der Waals surface area contributed by atoms with Crippen molar-refractivity contribution in [2.24, 2.45) is 0 Å². The van der Waals surface area contributed by atoms with Crippen LogP contribution in [0.25, 0.3) is 17.2 Å². The van der Waals surface area contributed by atoms with E-state index in [1.54, 1.807) is 0 Å². The average molecular weight is 250 g/mol. The summed E-state index contributed by atoms with van der Waals surface area (Å²) in [4.78, 5) is 0. The first-order chi connectivity index (χ1) is 8.97. The van der Waals surface area contributed by atoms with E-state index in [2.05, 4.69) is 65.5 Å². The highest BCUT2D eigenvalue weighted by molar-refractivity contribution is 5.75. The van der Waals surface area contributed by atoms with E-state index in [0.717, 1.165) is 0 Å². The summed E-state index contributed by atoms with van der Waals surface area (Å²) in [6.07, 6.45) is 1.88. The van der Waals surface area contributed by atoms with Crippen LogP contribution >= 0.6 is 0 Å². The van der Waals surface area contributed by atoms with Crippen LogP contribution < -0.4 is 0 Å². The largest absolute Gasteiger partial charge is 0.0985 e. The zero-order valence-electron chi connectivity index (χ0n) is 12.6. The highest BCUT2D eigenvalue weighted by Gasteiger charge is 2.13. The average Bonchev–Trinajstić information content (AvgIpc) is 2.44. The molecule has 0 aliphatic rings. The van der Waals surface area contributed by atoms with Crippen molar-refractivity contribution < 1.29 is 0 Å². The SMILES string of the molecule is C=Cc1ccc(-c2c(C)c(C)c(C)c(C)c2C)cc1. The highest BCUT2D eigenvalue weighted by atomic mass is 14.2. The second-order valence-corrected chi connectivity index (χ2v) is 5.33. The van der Waals surface area contributed by atoms with Crippen LogP contribution in [0.1, 0.15) is 33.4 Å². The number of hydrogen-bond donors (Lipinski definition) is 0. The van der Waals surface area contributed by atoms with Crippen LogP contribution in [0, 0.1) is 34.6 Å². The van der Waals surface area contributed by atoms with Crippen LogP contribution in [0.4, 0.5) is 0 Å². The van der Waals surface area contributed by atoms with Crippen LogP contribution in [-0.2, 0) is 0 Å². The van der Waals surface area contributed by atoms with Gasteiger partial charge in [0.1, 0.15) is 0 Å². The van der Waals surface area contributed by atoms with Gasteiger partial charge in [-0.25, -0.2) is 0 Å². The molecule has 0 aromatic heterocycles. The van der Waals surface area contributed by atoms with Crippen molar-refractivity contribution in [1.82, 2.24) is 0 Å². The molecule has 19 heavy (non-hydrogen) atoms. The molecular weight excluding hydrogens is 228 g/mol. The lowest BCUT2D eigenvalue weighted by atomic mass is 9.86. The summed E-state index contributed by atoms with van der Waals surface area (Å²) in [5.74, 6) is 0. The Bertz CT molecular complexity index is 599. The van der Waals surface area contributed by atoms with E-state index >= 15 is 0 Å². The minimum atomic E-state index is 1.17. The van der Waals surface area contributed by atoms with Crippen molar-refractivity contribution in [3.05, 3.63) is 64.2 Å². The van der Waals surface area contributed by atoms with Gasteiger partial charge in [0.25, 0.3) is 0 Å². The third-order valence-corrected chi connectivity index (χ3v) is 4.44. The Kier molecular flexibility index (Phi) is 3.61. The maximum Gasteiger partial charge on any atom is -0.0120 e. The molecule has 2 rings (SSSR count). The Balaban J connectivity index is 2.71. The second kappa shape index (κ2) is 5.05. The quantitative estimate of drug-likeness (QED) is 0.656. The van der Waals surface area contributed by atoms with Gasteiger partial charge in [-0.1, -0.05) is 36.9 Å². The molecule has 2 aromatic carbocycles. The Morgan fingerprint density at radius 3 is 1.53 bits per heavy atom. The maximum atomic E-state index is 3.81. The van der Waals surface area contributed by atoms with Crippen molar-refractivity contribution in [2.75, 3.05) is 0 Å². The van der Waals surface area contributed by atoms with Gasteiger partial charge in [0.05, 0.1) is 0 Å². The first kappa shape index (κ1) is 13.6. The lowest BCUT2D eigenvalue weighted by Crippen LogP contribution is -1.99. The smallest absolute Gasteiger partial charge is 0.0120 e. The fourth-order valence-corrected chi connectivity index (χ4v) is 2.72. The minimum absolute atomic E-state index is 1.17. The normalized spacial score (nSPS) is 10.6. The Morgan fingerprint density at radius 1 is 0.684 bits per heavy atom.